The topological polar surface area (TPSA) is 0 Å². The Morgan fingerprint density at radius 3 is 2.09 bits per heavy atom. The van der Waals surface area contributed by atoms with Crippen LogP contribution in [0.3, 0.4) is 0 Å². The van der Waals surface area contributed by atoms with E-state index in [0.29, 0.717) is 5.92 Å². The van der Waals surface area contributed by atoms with E-state index in [4.69, 9.17) is 11.7 Å². The van der Waals surface area contributed by atoms with Crippen LogP contribution >= 0.6 is 22.5 Å². The first kappa shape index (κ1) is 9.01. The summed E-state index contributed by atoms with van der Waals surface area (Å²) in [6.45, 7) is 4.38. The molecule has 11 heavy (non-hydrogen) atoms. The lowest BCUT2D eigenvalue weighted by Crippen LogP contribution is -1.84. The molecule has 1 radical (unpaired) electrons. The van der Waals surface area contributed by atoms with Crippen LogP contribution in [0, 0.1) is 0 Å². The van der Waals surface area contributed by atoms with Crippen molar-refractivity contribution in [3.8, 4) is 0 Å². The summed E-state index contributed by atoms with van der Waals surface area (Å²) < 4.78 is 0. The highest BCUT2D eigenvalue weighted by molar-refractivity contribution is 8.68. The van der Waals surface area contributed by atoms with Crippen LogP contribution in [-0.2, 0) is 0 Å². The fourth-order valence-electron chi connectivity index (χ4n) is 0.908. The van der Waals surface area contributed by atoms with E-state index in [1.54, 1.807) is 0 Å². The standard InChI is InChI=1S/C9H11S2/c1-7(2)8-3-5-9(11-10)6-4-8/h3-7H,1-2H3. The summed E-state index contributed by atoms with van der Waals surface area (Å²) in [5, 5.41) is 0. The van der Waals surface area contributed by atoms with Gasteiger partial charge < -0.3 is 0 Å². The minimum absolute atomic E-state index is 0.610. The van der Waals surface area contributed by atoms with E-state index < -0.39 is 0 Å². The lowest BCUT2D eigenvalue weighted by Gasteiger charge is -2.04. The molecule has 0 unspecified atom stereocenters. The number of rotatable bonds is 2. The van der Waals surface area contributed by atoms with Crippen LogP contribution in [0.1, 0.15) is 25.3 Å². The van der Waals surface area contributed by atoms with Gasteiger partial charge in [-0.15, -0.1) is 0 Å². The molecule has 0 fully saturated rings. The van der Waals surface area contributed by atoms with Crippen molar-refractivity contribution in [3.05, 3.63) is 29.8 Å². The van der Waals surface area contributed by atoms with Gasteiger partial charge >= 0.3 is 0 Å². The molecule has 0 saturated carbocycles. The molecule has 1 aromatic rings. The van der Waals surface area contributed by atoms with Crippen LogP contribution in [0.15, 0.2) is 29.2 Å². The molecule has 0 spiro atoms. The van der Waals surface area contributed by atoms with E-state index in [9.17, 15) is 0 Å². The SMILES string of the molecule is CC(C)c1ccc(S[S])cc1. The minimum atomic E-state index is 0.610. The molecule has 0 aliphatic heterocycles. The third kappa shape index (κ3) is 2.46. The van der Waals surface area contributed by atoms with Gasteiger partial charge in [0.15, 0.2) is 0 Å². The van der Waals surface area contributed by atoms with Gasteiger partial charge in [0.2, 0.25) is 0 Å². The summed E-state index contributed by atoms with van der Waals surface area (Å²) in [5.41, 5.74) is 1.37. The van der Waals surface area contributed by atoms with Gasteiger partial charge in [0.1, 0.15) is 0 Å². The molecule has 0 amide bonds. The van der Waals surface area contributed by atoms with Gasteiger partial charge in [-0.05, 0) is 46.1 Å². The van der Waals surface area contributed by atoms with Gasteiger partial charge in [-0.2, -0.15) is 0 Å². The molecule has 2 heteroatoms. The number of benzene rings is 1. The first-order valence-corrected chi connectivity index (χ1v) is 5.38. The van der Waals surface area contributed by atoms with Gasteiger partial charge in [0.25, 0.3) is 0 Å². The van der Waals surface area contributed by atoms with Crippen molar-refractivity contribution in [2.45, 2.75) is 24.7 Å². The zero-order valence-corrected chi connectivity index (χ0v) is 8.34. The highest BCUT2D eigenvalue weighted by atomic mass is 33.1. The molecule has 0 saturated heterocycles. The molecule has 0 aliphatic carbocycles. The van der Waals surface area contributed by atoms with E-state index in [1.807, 2.05) is 0 Å². The van der Waals surface area contributed by atoms with Crippen molar-refractivity contribution < 1.29 is 0 Å². The van der Waals surface area contributed by atoms with E-state index in [2.05, 4.69) is 38.1 Å². The van der Waals surface area contributed by atoms with Crippen LogP contribution in [-0.4, -0.2) is 0 Å². The van der Waals surface area contributed by atoms with Gasteiger partial charge in [-0.25, -0.2) is 0 Å². The number of hydrogen-bond acceptors (Lipinski definition) is 1. The van der Waals surface area contributed by atoms with E-state index in [0.717, 1.165) is 4.90 Å². The van der Waals surface area contributed by atoms with Crippen molar-refractivity contribution in [1.82, 2.24) is 0 Å². The normalized spacial score (nSPS) is 10.5. The van der Waals surface area contributed by atoms with Crippen LogP contribution < -0.4 is 0 Å². The molecule has 0 bridgehead atoms. The monoisotopic (exact) mass is 183 g/mol. The van der Waals surface area contributed by atoms with E-state index >= 15 is 0 Å². The summed E-state index contributed by atoms with van der Waals surface area (Å²) >= 11 is 4.84. The molecule has 0 atom stereocenters. The molecule has 0 nitrogen and oxygen atoms in total. The fourth-order valence-corrected chi connectivity index (χ4v) is 1.49. The van der Waals surface area contributed by atoms with Crippen molar-refractivity contribution in [3.63, 3.8) is 0 Å². The van der Waals surface area contributed by atoms with Gasteiger partial charge in [0, 0.05) is 4.90 Å². The average Bonchev–Trinajstić information content (AvgIpc) is 2.05. The Bertz CT molecular complexity index is 214. The lowest BCUT2D eigenvalue weighted by atomic mass is 10.0. The van der Waals surface area contributed by atoms with Crippen molar-refractivity contribution in [1.29, 1.82) is 0 Å². The quantitative estimate of drug-likeness (QED) is 0.624. The largest absolute Gasteiger partial charge is 0.0587 e. The Kier molecular flexibility index (Phi) is 3.34. The fraction of sp³-hybridized carbons (Fsp3) is 0.333. The molecule has 0 aromatic heterocycles. The van der Waals surface area contributed by atoms with Crippen molar-refractivity contribution in [2.24, 2.45) is 0 Å². The lowest BCUT2D eigenvalue weighted by molar-refractivity contribution is 0.865. The van der Waals surface area contributed by atoms with E-state index in [1.165, 1.54) is 16.4 Å². The highest BCUT2D eigenvalue weighted by Gasteiger charge is 1.97. The maximum absolute atomic E-state index is 4.84. The first-order chi connectivity index (χ1) is 5.24. The Balaban J connectivity index is 2.83. The van der Waals surface area contributed by atoms with E-state index in [-0.39, 0.29) is 0 Å². The smallest absolute Gasteiger partial charge is 0.0191 e. The van der Waals surface area contributed by atoms with Crippen LogP contribution in [0.2, 0.25) is 0 Å². The van der Waals surface area contributed by atoms with Gasteiger partial charge in [-0.1, -0.05) is 26.0 Å². The second-order valence-corrected chi connectivity index (χ2v) is 3.95. The molecule has 59 valence electrons. The zero-order chi connectivity index (χ0) is 8.27. The highest BCUT2D eigenvalue weighted by Crippen LogP contribution is 2.23. The zero-order valence-electron chi connectivity index (χ0n) is 6.70. The van der Waals surface area contributed by atoms with Crippen LogP contribution in [0.4, 0.5) is 0 Å². The summed E-state index contributed by atoms with van der Waals surface area (Å²) in [6, 6.07) is 8.43. The molecule has 1 rings (SSSR count). The third-order valence-electron chi connectivity index (χ3n) is 1.64. The third-order valence-corrected chi connectivity index (χ3v) is 2.68. The molecular weight excluding hydrogens is 172 g/mol. The minimum Gasteiger partial charge on any atom is -0.0587 e. The van der Waals surface area contributed by atoms with Crippen LogP contribution in [0.5, 0.6) is 0 Å². The Morgan fingerprint density at radius 2 is 1.73 bits per heavy atom. The second kappa shape index (κ2) is 4.07. The molecular formula is C9H11S2. The van der Waals surface area contributed by atoms with Gasteiger partial charge in [0.05, 0.1) is 0 Å². The maximum Gasteiger partial charge on any atom is 0.0191 e. The van der Waals surface area contributed by atoms with Crippen LogP contribution in [0.25, 0.3) is 0 Å². The first-order valence-electron chi connectivity index (χ1n) is 3.64. The van der Waals surface area contributed by atoms with Gasteiger partial charge in [-0.3, -0.25) is 0 Å². The Morgan fingerprint density at radius 1 is 1.18 bits per heavy atom. The molecule has 0 heterocycles. The number of hydrogen-bond donors (Lipinski definition) is 0. The molecule has 0 aliphatic rings. The predicted octanol–water partition coefficient (Wildman–Crippen LogP) is 4.01. The second-order valence-electron chi connectivity index (χ2n) is 2.81. The van der Waals surface area contributed by atoms with Crippen molar-refractivity contribution in [2.75, 3.05) is 0 Å². The maximum atomic E-state index is 4.84. The predicted molar refractivity (Wildman–Crippen MR) is 54.0 cm³/mol. The molecule has 1 aromatic carbocycles. The Hall–Kier alpha value is -0.0800. The average molecular weight is 183 g/mol. The van der Waals surface area contributed by atoms with Crippen molar-refractivity contribution >= 4 is 22.5 Å². The Labute approximate surface area is 77.2 Å². The summed E-state index contributed by atoms with van der Waals surface area (Å²) in [6.07, 6.45) is 0. The summed E-state index contributed by atoms with van der Waals surface area (Å²) in [5.74, 6) is 0.610. The summed E-state index contributed by atoms with van der Waals surface area (Å²) in [7, 11) is 1.37. The summed E-state index contributed by atoms with van der Waals surface area (Å²) in [4.78, 5) is 1.16. The molecule has 0 N–H and O–H groups in total.